The lowest BCUT2D eigenvalue weighted by molar-refractivity contribution is -0.138. The van der Waals surface area contributed by atoms with Crippen molar-refractivity contribution in [3.05, 3.63) is 35.4 Å². The SMILES string of the molecule is CC(C)(C)c1ccc(C2CCC(CC(=O)O)CN2)cc1. The summed E-state index contributed by atoms with van der Waals surface area (Å²) >= 11 is 0. The molecule has 1 fully saturated rings. The molecule has 0 saturated carbocycles. The van der Waals surface area contributed by atoms with Gasteiger partial charge in [0.2, 0.25) is 0 Å². The summed E-state index contributed by atoms with van der Waals surface area (Å²) in [5, 5.41) is 12.3. The highest BCUT2D eigenvalue weighted by molar-refractivity contribution is 5.67. The van der Waals surface area contributed by atoms with Gasteiger partial charge in [0.05, 0.1) is 0 Å². The second-order valence-corrected chi connectivity index (χ2v) is 6.87. The molecule has 2 rings (SSSR count). The van der Waals surface area contributed by atoms with E-state index < -0.39 is 5.97 Å². The van der Waals surface area contributed by atoms with Crippen molar-refractivity contribution >= 4 is 5.97 Å². The van der Waals surface area contributed by atoms with Crippen LogP contribution in [0.15, 0.2) is 24.3 Å². The van der Waals surface area contributed by atoms with E-state index in [1.807, 2.05) is 0 Å². The van der Waals surface area contributed by atoms with E-state index in [-0.39, 0.29) is 17.8 Å². The molecule has 3 heteroatoms. The number of aliphatic carboxylic acids is 1. The van der Waals surface area contributed by atoms with E-state index in [1.54, 1.807) is 0 Å². The Kier molecular flexibility index (Phi) is 4.48. The van der Waals surface area contributed by atoms with Crippen LogP contribution in [0.25, 0.3) is 0 Å². The molecule has 1 heterocycles. The number of carboxylic acid groups (broad SMARTS) is 1. The Morgan fingerprint density at radius 2 is 1.90 bits per heavy atom. The molecule has 1 aliphatic rings. The summed E-state index contributed by atoms with van der Waals surface area (Å²) in [6, 6.07) is 9.20. The first-order chi connectivity index (χ1) is 9.36. The van der Waals surface area contributed by atoms with Crippen LogP contribution in [0.1, 0.15) is 57.2 Å². The molecule has 0 spiro atoms. The average molecular weight is 275 g/mol. The quantitative estimate of drug-likeness (QED) is 0.887. The second kappa shape index (κ2) is 5.96. The van der Waals surface area contributed by atoms with E-state index in [0.717, 1.165) is 19.4 Å². The first kappa shape index (κ1) is 15.0. The summed E-state index contributed by atoms with van der Waals surface area (Å²) in [4.78, 5) is 10.7. The maximum atomic E-state index is 10.7. The summed E-state index contributed by atoms with van der Waals surface area (Å²) in [7, 11) is 0. The van der Waals surface area contributed by atoms with Gasteiger partial charge in [0.1, 0.15) is 0 Å². The van der Waals surface area contributed by atoms with Gasteiger partial charge in [0.25, 0.3) is 0 Å². The smallest absolute Gasteiger partial charge is 0.303 e. The topological polar surface area (TPSA) is 49.3 Å². The molecule has 1 aromatic rings. The van der Waals surface area contributed by atoms with Crippen molar-refractivity contribution in [1.82, 2.24) is 5.32 Å². The van der Waals surface area contributed by atoms with Crippen molar-refractivity contribution in [3.8, 4) is 0 Å². The Labute approximate surface area is 121 Å². The highest BCUT2D eigenvalue weighted by Gasteiger charge is 2.23. The molecule has 1 aliphatic heterocycles. The Balaban J connectivity index is 1.95. The Hall–Kier alpha value is -1.35. The van der Waals surface area contributed by atoms with Gasteiger partial charge in [0, 0.05) is 12.5 Å². The highest BCUT2D eigenvalue weighted by Crippen LogP contribution is 2.29. The molecule has 1 saturated heterocycles. The van der Waals surface area contributed by atoms with Crippen molar-refractivity contribution < 1.29 is 9.90 Å². The Morgan fingerprint density at radius 1 is 1.25 bits per heavy atom. The number of carbonyl (C=O) groups is 1. The molecule has 20 heavy (non-hydrogen) atoms. The van der Waals surface area contributed by atoms with Crippen molar-refractivity contribution in [2.24, 2.45) is 5.92 Å². The molecule has 0 bridgehead atoms. The van der Waals surface area contributed by atoms with E-state index in [9.17, 15) is 4.79 Å². The van der Waals surface area contributed by atoms with Gasteiger partial charge in [-0.1, -0.05) is 45.0 Å². The van der Waals surface area contributed by atoms with E-state index in [2.05, 4.69) is 50.4 Å². The van der Waals surface area contributed by atoms with E-state index in [4.69, 9.17) is 5.11 Å². The van der Waals surface area contributed by atoms with Crippen LogP contribution in [0, 0.1) is 5.92 Å². The normalized spacial score (nSPS) is 23.6. The van der Waals surface area contributed by atoms with Crippen molar-refractivity contribution in [3.63, 3.8) is 0 Å². The molecule has 2 unspecified atom stereocenters. The number of carboxylic acids is 1. The highest BCUT2D eigenvalue weighted by atomic mass is 16.4. The summed E-state index contributed by atoms with van der Waals surface area (Å²) in [5.41, 5.74) is 2.85. The first-order valence-electron chi connectivity index (χ1n) is 7.42. The minimum absolute atomic E-state index is 0.186. The molecule has 0 aliphatic carbocycles. The number of hydrogen-bond acceptors (Lipinski definition) is 2. The molecule has 0 aromatic heterocycles. The van der Waals surface area contributed by atoms with Gasteiger partial charge < -0.3 is 10.4 Å². The monoisotopic (exact) mass is 275 g/mol. The number of nitrogens with one attached hydrogen (secondary N) is 1. The molecule has 110 valence electrons. The zero-order valence-corrected chi connectivity index (χ0v) is 12.6. The van der Waals surface area contributed by atoms with Gasteiger partial charge in [-0.15, -0.1) is 0 Å². The predicted molar refractivity (Wildman–Crippen MR) is 80.9 cm³/mol. The van der Waals surface area contributed by atoms with Crippen molar-refractivity contribution in [2.75, 3.05) is 6.54 Å². The zero-order valence-electron chi connectivity index (χ0n) is 12.6. The maximum Gasteiger partial charge on any atom is 0.303 e. The van der Waals surface area contributed by atoms with Crippen LogP contribution in [0.4, 0.5) is 0 Å². The fraction of sp³-hybridized carbons (Fsp3) is 0.588. The molecule has 0 amide bonds. The molecule has 0 radical (unpaired) electrons. The fourth-order valence-corrected chi connectivity index (χ4v) is 2.84. The summed E-state index contributed by atoms with van der Waals surface area (Å²) in [6.07, 6.45) is 2.29. The fourth-order valence-electron chi connectivity index (χ4n) is 2.84. The molecule has 3 nitrogen and oxygen atoms in total. The largest absolute Gasteiger partial charge is 0.481 e. The average Bonchev–Trinajstić information content (AvgIpc) is 2.38. The van der Waals surface area contributed by atoms with Gasteiger partial charge in [-0.25, -0.2) is 0 Å². The van der Waals surface area contributed by atoms with Gasteiger partial charge in [0.15, 0.2) is 0 Å². The van der Waals surface area contributed by atoms with Gasteiger partial charge in [-0.3, -0.25) is 4.79 Å². The first-order valence-corrected chi connectivity index (χ1v) is 7.42. The third kappa shape index (κ3) is 3.83. The second-order valence-electron chi connectivity index (χ2n) is 6.87. The van der Waals surface area contributed by atoms with Crippen LogP contribution in [-0.2, 0) is 10.2 Å². The number of piperidine rings is 1. The lowest BCUT2D eigenvalue weighted by Gasteiger charge is -2.30. The molecular formula is C17H25NO2. The van der Waals surface area contributed by atoms with Crippen molar-refractivity contribution in [2.45, 2.75) is 51.5 Å². The minimum Gasteiger partial charge on any atom is -0.481 e. The van der Waals surface area contributed by atoms with Gasteiger partial charge >= 0.3 is 5.97 Å². The van der Waals surface area contributed by atoms with Crippen LogP contribution in [-0.4, -0.2) is 17.6 Å². The summed E-state index contributed by atoms with van der Waals surface area (Å²) in [5.74, 6) is -0.414. The maximum absolute atomic E-state index is 10.7. The lowest BCUT2D eigenvalue weighted by atomic mass is 9.84. The van der Waals surface area contributed by atoms with Crippen molar-refractivity contribution in [1.29, 1.82) is 0 Å². The van der Waals surface area contributed by atoms with Crippen LogP contribution in [0.2, 0.25) is 0 Å². The predicted octanol–water partition coefficient (Wildman–Crippen LogP) is 3.50. The van der Waals surface area contributed by atoms with E-state index in [0.29, 0.717) is 6.04 Å². The number of benzene rings is 1. The Bertz CT molecular complexity index is 451. The van der Waals surface area contributed by atoms with Crippen LogP contribution in [0.5, 0.6) is 0 Å². The minimum atomic E-state index is -0.690. The molecule has 2 atom stereocenters. The number of rotatable bonds is 3. The zero-order chi connectivity index (χ0) is 14.8. The lowest BCUT2D eigenvalue weighted by Crippen LogP contribution is -2.34. The standard InChI is InChI=1S/C17H25NO2/c1-17(2,3)14-7-5-13(6-8-14)15-9-4-12(11-18-15)10-16(19)20/h5-8,12,15,18H,4,9-11H2,1-3H3,(H,19,20). The van der Waals surface area contributed by atoms with E-state index in [1.165, 1.54) is 11.1 Å². The molecule has 2 N–H and O–H groups in total. The number of hydrogen-bond donors (Lipinski definition) is 2. The van der Waals surface area contributed by atoms with Crippen LogP contribution < -0.4 is 5.32 Å². The van der Waals surface area contributed by atoms with Gasteiger partial charge in [-0.05, 0) is 41.8 Å². The van der Waals surface area contributed by atoms with Gasteiger partial charge in [-0.2, -0.15) is 0 Å². The third-order valence-corrected chi connectivity index (χ3v) is 4.16. The van der Waals surface area contributed by atoms with Crippen LogP contribution in [0.3, 0.4) is 0 Å². The van der Waals surface area contributed by atoms with Crippen LogP contribution >= 0.6 is 0 Å². The third-order valence-electron chi connectivity index (χ3n) is 4.16. The Morgan fingerprint density at radius 3 is 2.35 bits per heavy atom. The molecule has 1 aromatic carbocycles. The molecular weight excluding hydrogens is 250 g/mol. The summed E-state index contributed by atoms with van der Waals surface area (Å²) in [6.45, 7) is 7.46. The van der Waals surface area contributed by atoms with E-state index >= 15 is 0 Å². The summed E-state index contributed by atoms with van der Waals surface area (Å²) < 4.78 is 0.